The minimum absolute atomic E-state index is 0.000992. The van der Waals surface area contributed by atoms with Crippen LogP contribution in [0, 0.1) is 0 Å². The quantitative estimate of drug-likeness (QED) is 0.622. The van der Waals surface area contributed by atoms with E-state index in [1.807, 2.05) is 36.2 Å². The predicted molar refractivity (Wildman–Crippen MR) is 112 cm³/mol. The molecular formula is C19H26ClN5O2S. The van der Waals surface area contributed by atoms with E-state index in [0.717, 1.165) is 55.8 Å². The molecule has 1 aromatic heterocycles. The fourth-order valence-corrected chi connectivity index (χ4v) is 3.72. The van der Waals surface area contributed by atoms with Crippen molar-refractivity contribution in [2.45, 2.75) is 12.8 Å². The molecule has 1 amide bonds. The van der Waals surface area contributed by atoms with Crippen molar-refractivity contribution >= 4 is 34.2 Å². The number of hydrogen-bond donors (Lipinski definition) is 1. The highest BCUT2D eigenvalue weighted by Crippen LogP contribution is 2.18. The molecule has 2 heterocycles. The lowest BCUT2D eigenvalue weighted by molar-refractivity contribution is -0.119. The monoisotopic (exact) mass is 423 g/mol. The summed E-state index contributed by atoms with van der Waals surface area (Å²) in [7, 11) is 1.86. The van der Waals surface area contributed by atoms with Gasteiger partial charge in [-0.05, 0) is 30.7 Å². The van der Waals surface area contributed by atoms with E-state index in [9.17, 15) is 4.79 Å². The lowest BCUT2D eigenvalue weighted by Gasteiger charge is -2.26. The Hall–Kier alpha value is -1.74. The van der Waals surface area contributed by atoms with Gasteiger partial charge >= 0.3 is 0 Å². The zero-order valence-corrected chi connectivity index (χ0v) is 17.6. The SMILES string of the molecule is CN(CC(=O)NCCCN1CCOCC1)c1nc(Cc2ccc(Cl)cc2)ns1. The first-order valence-corrected chi connectivity index (χ1v) is 10.6. The Kier molecular flexibility index (Phi) is 8.02. The zero-order valence-electron chi connectivity index (χ0n) is 16.1. The molecule has 1 aliphatic rings. The normalized spacial score (nSPS) is 14.8. The first-order valence-electron chi connectivity index (χ1n) is 9.45. The summed E-state index contributed by atoms with van der Waals surface area (Å²) in [6, 6.07) is 7.66. The van der Waals surface area contributed by atoms with Crippen LogP contribution in [-0.4, -0.2) is 73.1 Å². The molecule has 0 aliphatic carbocycles. The Bertz CT molecular complexity index is 749. The van der Waals surface area contributed by atoms with Crippen molar-refractivity contribution in [2.75, 3.05) is 57.9 Å². The van der Waals surface area contributed by atoms with Gasteiger partial charge in [-0.25, -0.2) is 4.98 Å². The van der Waals surface area contributed by atoms with E-state index in [1.165, 1.54) is 11.5 Å². The van der Waals surface area contributed by atoms with Gasteiger partial charge in [-0.15, -0.1) is 0 Å². The standard InChI is InChI=1S/C19H26ClN5O2S/c1-24(14-18(26)21-7-2-8-25-9-11-27-12-10-25)19-22-17(23-28-19)13-15-3-5-16(20)6-4-15/h3-6H,2,7-14H2,1H3,(H,21,26). The number of carbonyl (C=O) groups is 1. The lowest BCUT2D eigenvalue weighted by Crippen LogP contribution is -2.39. The van der Waals surface area contributed by atoms with Crippen molar-refractivity contribution in [3.05, 3.63) is 40.7 Å². The largest absolute Gasteiger partial charge is 0.379 e. The van der Waals surface area contributed by atoms with Crippen LogP contribution in [-0.2, 0) is 16.0 Å². The summed E-state index contributed by atoms with van der Waals surface area (Å²) in [6.45, 7) is 5.51. The number of benzene rings is 1. The van der Waals surface area contributed by atoms with Gasteiger partial charge in [0.05, 0.1) is 19.8 Å². The molecule has 1 fully saturated rings. The molecule has 0 saturated carbocycles. The molecule has 1 aliphatic heterocycles. The second-order valence-corrected chi connectivity index (χ2v) is 7.98. The van der Waals surface area contributed by atoms with Gasteiger partial charge in [0.1, 0.15) is 5.82 Å². The highest BCUT2D eigenvalue weighted by atomic mass is 35.5. The topological polar surface area (TPSA) is 70.6 Å². The van der Waals surface area contributed by atoms with E-state index in [4.69, 9.17) is 16.3 Å². The van der Waals surface area contributed by atoms with Crippen LogP contribution in [0.3, 0.4) is 0 Å². The van der Waals surface area contributed by atoms with E-state index in [2.05, 4.69) is 19.6 Å². The maximum atomic E-state index is 12.2. The first-order chi connectivity index (χ1) is 13.6. The number of nitrogens with zero attached hydrogens (tertiary/aromatic N) is 4. The Morgan fingerprint density at radius 1 is 1.32 bits per heavy atom. The Balaban J connectivity index is 1.37. The Morgan fingerprint density at radius 3 is 2.82 bits per heavy atom. The van der Waals surface area contributed by atoms with Crippen LogP contribution in [0.2, 0.25) is 5.02 Å². The van der Waals surface area contributed by atoms with Crippen molar-refractivity contribution in [2.24, 2.45) is 0 Å². The van der Waals surface area contributed by atoms with Gasteiger partial charge < -0.3 is 15.0 Å². The maximum absolute atomic E-state index is 12.2. The third-order valence-corrected chi connectivity index (χ3v) is 5.64. The number of aromatic nitrogens is 2. The van der Waals surface area contributed by atoms with Crippen LogP contribution >= 0.6 is 23.1 Å². The van der Waals surface area contributed by atoms with E-state index < -0.39 is 0 Å². The van der Waals surface area contributed by atoms with Crippen molar-refractivity contribution in [1.29, 1.82) is 0 Å². The number of halogens is 1. The van der Waals surface area contributed by atoms with Crippen LogP contribution < -0.4 is 10.2 Å². The molecule has 0 unspecified atom stereocenters. The van der Waals surface area contributed by atoms with Crippen LogP contribution in [0.15, 0.2) is 24.3 Å². The molecule has 1 aromatic carbocycles. The summed E-state index contributed by atoms with van der Waals surface area (Å²) in [5.74, 6) is 0.749. The van der Waals surface area contributed by atoms with Crippen molar-refractivity contribution in [3.63, 3.8) is 0 Å². The van der Waals surface area contributed by atoms with Gasteiger partial charge in [-0.3, -0.25) is 9.69 Å². The Labute approximate surface area is 174 Å². The van der Waals surface area contributed by atoms with E-state index in [-0.39, 0.29) is 12.5 Å². The van der Waals surface area contributed by atoms with Gasteiger partial charge in [-0.2, -0.15) is 4.37 Å². The minimum Gasteiger partial charge on any atom is -0.379 e. The van der Waals surface area contributed by atoms with Gasteiger partial charge in [0.25, 0.3) is 0 Å². The summed E-state index contributed by atoms with van der Waals surface area (Å²) in [5, 5.41) is 4.44. The van der Waals surface area contributed by atoms with Crippen LogP contribution in [0.1, 0.15) is 17.8 Å². The van der Waals surface area contributed by atoms with Crippen LogP contribution in [0.25, 0.3) is 0 Å². The second-order valence-electron chi connectivity index (χ2n) is 6.81. The number of likely N-dealkylation sites (N-methyl/N-ethyl adjacent to an activating group) is 1. The maximum Gasteiger partial charge on any atom is 0.239 e. The number of morpholine rings is 1. The molecule has 0 spiro atoms. The van der Waals surface area contributed by atoms with Gasteiger partial charge in [0, 0.05) is 49.7 Å². The number of anilines is 1. The average molecular weight is 424 g/mol. The molecule has 2 aromatic rings. The summed E-state index contributed by atoms with van der Waals surface area (Å²) in [5.41, 5.74) is 1.11. The van der Waals surface area contributed by atoms with Crippen LogP contribution in [0.5, 0.6) is 0 Å². The molecule has 0 bridgehead atoms. The summed E-state index contributed by atoms with van der Waals surface area (Å²) in [6.07, 6.45) is 1.59. The third kappa shape index (κ3) is 6.70. The molecule has 0 radical (unpaired) electrons. The number of amides is 1. The third-order valence-electron chi connectivity index (χ3n) is 4.52. The Morgan fingerprint density at radius 2 is 2.07 bits per heavy atom. The number of ether oxygens (including phenoxy) is 1. The lowest BCUT2D eigenvalue weighted by atomic mass is 10.1. The second kappa shape index (κ2) is 10.7. The van der Waals surface area contributed by atoms with Crippen LogP contribution in [0.4, 0.5) is 5.13 Å². The number of rotatable bonds is 9. The molecule has 152 valence electrons. The fraction of sp³-hybridized carbons (Fsp3) is 0.526. The molecule has 3 rings (SSSR count). The number of hydrogen-bond acceptors (Lipinski definition) is 7. The van der Waals surface area contributed by atoms with Gasteiger partial charge in [0.2, 0.25) is 11.0 Å². The summed E-state index contributed by atoms with van der Waals surface area (Å²) < 4.78 is 9.74. The minimum atomic E-state index is -0.000992. The summed E-state index contributed by atoms with van der Waals surface area (Å²) in [4.78, 5) is 20.9. The summed E-state index contributed by atoms with van der Waals surface area (Å²) >= 11 is 7.22. The zero-order chi connectivity index (χ0) is 19.8. The van der Waals surface area contributed by atoms with Crippen molar-refractivity contribution < 1.29 is 9.53 Å². The van der Waals surface area contributed by atoms with Gasteiger partial charge in [-0.1, -0.05) is 23.7 Å². The smallest absolute Gasteiger partial charge is 0.239 e. The molecule has 1 N–H and O–H groups in total. The number of carbonyl (C=O) groups excluding carboxylic acids is 1. The molecule has 0 atom stereocenters. The molecular weight excluding hydrogens is 398 g/mol. The predicted octanol–water partition coefficient (Wildman–Crippen LogP) is 2.06. The number of nitrogens with one attached hydrogen (secondary N) is 1. The molecule has 1 saturated heterocycles. The highest BCUT2D eigenvalue weighted by Gasteiger charge is 2.13. The van der Waals surface area contributed by atoms with Crippen molar-refractivity contribution in [1.82, 2.24) is 19.6 Å². The molecule has 9 heteroatoms. The average Bonchev–Trinajstić information content (AvgIpc) is 3.17. The van der Waals surface area contributed by atoms with Crippen molar-refractivity contribution in [3.8, 4) is 0 Å². The first kappa shape index (κ1) is 21.0. The van der Waals surface area contributed by atoms with E-state index in [0.29, 0.717) is 18.0 Å². The fourth-order valence-electron chi connectivity index (χ4n) is 2.95. The van der Waals surface area contributed by atoms with Gasteiger partial charge in [0.15, 0.2) is 0 Å². The molecule has 28 heavy (non-hydrogen) atoms. The molecule has 7 nitrogen and oxygen atoms in total. The van der Waals surface area contributed by atoms with E-state index >= 15 is 0 Å². The van der Waals surface area contributed by atoms with E-state index in [1.54, 1.807) is 0 Å². The highest BCUT2D eigenvalue weighted by molar-refractivity contribution is 7.09.